The van der Waals surface area contributed by atoms with Crippen LogP contribution in [0, 0.1) is 5.82 Å². The highest BCUT2D eigenvalue weighted by Gasteiger charge is 2.30. The summed E-state index contributed by atoms with van der Waals surface area (Å²) >= 11 is 0. The van der Waals surface area contributed by atoms with Gasteiger partial charge in [-0.25, -0.2) is 12.8 Å². The van der Waals surface area contributed by atoms with Gasteiger partial charge in [-0.05, 0) is 36.2 Å². The average molecular weight is 378 g/mol. The highest BCUT2D eigenvalue weighted by Crippen LogP contribution is 2.29. The first kappa shape index (κ1) is 18.3. The summed E-state index contributed by atoms with van der Waals surface area (Å²) in [5, 5.41) is 2.69. The predicted octanol–water partition coefficient (Wildman–Crippen LogP) is 2.76. The number of nitrogens with one attached hydrogen (secondary N) is 1. The Morgan fingerprint density at radius 3 is 2.73 bits per heavy atom. The zero-order chi connectivity index (χ0) is 18.7. The number of rotatable bonds is 5. The van der Waals surface area contributed by atoms with E-state index in [0.717, 1.165) is 15.9 Å². The Kier molecular flexibility index (Phi) is 5.24. The minimum absolute atomic E-state index is 0.00653. The Labute approximate surface area is 151 Å². The van der Waals surface area contributed by atoms with Crippen LogP contribution in [0.2, 0.25) is 0 Å². The molecule has 0 radical (unpaired) electrons. The fraction of sp³-hybridized carbons (Fsp3) is 0.278. The summed E-state index contributed by atoms with van der Waals surface area (Å²) in [4.78, 5) is 12.6. The van der Waals surface area contributed by atoms with Crippen LogP contribution in [0.15, 0.2) is 42.5 Å². The van der Waals surface area contributed by atoms with E-state index in [0.29, 0.717) is 17.7 Å². The molecule has 1 aliphatic heterocycles. The Balaban J connectivity index is 1.87. The van der Waals surface area contributed by atoms with Gasteiger partial charge in [-0.1, -0.05) is 18.2 Å². The maximum absolute atomic E-state index is 14.2. The largest absolute Gasteiger partial charge is 0.380 e. The Morgan fingerprint density at radius 2 is 2.04 bits per heavy atom. The molecule has 3 rings (SSSR count). The molecule has 138 valence electrons. The first-order valence-electron chi connectivity index (χ1n) is 8.10. The quantitative estimate of drug-likeness (QED) is 0.868. The molecule has 2 aromatic rings. The lowest BCUT2D eigenvalue weighted by atomic mass is 10.1. The zero-order valence-corrected chi connectivity index (χ0v) is 15.1. The maximum Gasteiger partial charge on any atom is 0.256 e. The van der Waals surface area contributed by atoms with Crippen LogP contribution >= 0.6 is 0 Å². The van der Waals surface area contributed by atoms with Crippen LogP contribution in [0.5, 0.6) is 0 Å². The van der Waals surface area contributed by atoms with E-state index in [9.17, 15) is 17.6 Å². The van der Waals surface area contributed by atoms with E-state index in [4.69, 9.17) is 4.74 Å². The van der Waals surface area contributed by atoms with Crippen LogP contribution in [0.25, 0.3) is 0 Å². The molecule has 0 aromatic heterocycles. The first-order valence-corrected chi connectivity index (χ1v) is 9.71. The minimum Gasteiger partial charge on any atom is -0.380 e. The average Bonchev–Trinajstić information content (AvgIpc) is 2.96. The normalized spacial score (nSPS) is 15.8. The molecular weight excluding hydrogens is 359 g/mol. The standard InChI is InChI=1S/C18H19FN2O4S/c1-25-12-13-5-2-3-6-15(13)18(22)20-14-7-8-16(19)17(11-14)21-9-4-10-26(21,23)24/h2-3,5-8,11H,4,9-10,12H2,1H3,(H,20,22). The summed E-state index contributed by atoms with van der Waals surface area (Å²) < 4.78 is 44.4. The molecule has 6 nitrogen and oxygen atoms in total. The SMILES string of the molecule is COCc1ccccc1C(=O)Nc1ccc(F)c(N2CCCS2(=O)=O)c1. The topological polar surface area (TPSA) is 75.7 Å². The van der Waals surface area contributed by atoms with Crippen molar-refractivity contribution in [3.05, 3.63) is 59.4 Å². The Bertz CT molecular complexity index is 931. The van der Waals surface area contributed by atoms with Gasteiger partial charge in [0.15, 0.2) is 0 Å². The second-order valence-electron chi connectivity index (χ2n) is 5.95. The molecule has 1 saturated heterocycles. The molecule has 0 atom stereocenters. The third-order valence-corrected chi connectivity index (χ3v) is 5.99. The van der Waals surface area contributed by atoms with Gasteiger partial charge in [-0.2, -0.15) is 0 Å². The summed E-state index contributed by atoms with van der Waals surface area (Å²) in [6.07, 6.45) is 0.447. The minimum atomic E-state index is -3.51. The molecule has 0 saturated carbocycles. The van der Waals surface area contributed by atoms with Crippen molar-refractivity contribution in [2.24, 2.45) is 0 Å². The van der Waals surface area contributed by atoms with Gasteiger partial charge in [0.1, 0.15) is 5.82 Å². The van der Waals surface area contributed by atoms with Crippen molar-refractivity contribution in [1.82, 2.24) is 0 Å². The van der Waals surface area contributed by atoms with E-state index in [1.165, 1.54) is 19.2 Å². The van der Waals surface area contributed by atoms with Crippen molar-refractivity contribution < 1.29 is 22.3 Å². The summed E-state index contributed by atoms with van der Waals surface area (Å²) in [7, 11) is -1.97. The van der Waals surface area contributed by atoms with Crippen molar-refractivity contribution in [3.8, 4) is 0 Å². The highest BCUT2D eigenvalue weighted by molar-refractivity contribution is 7.93. The summed E-state index contributed by atoms with van der Waals surface area (Å²) in [6, 6.07) is 10.9. The molecule has 1 heterocycles. The number of halogens is 1. The molecule has 1 N–H and O–H groups in total. The van der Waals surface area contributed by atoms with E-state index in [2.05, 4.69) is 5.32 Å². The van der Waals surface area contributed by atoms with E-state index in [1.54, 1.807) is 24.3 Å². The van der Waals surface area contributed by atoms with Gasteiger partial charge in [0.05, 0.1) is 18.0 Å². The van der Waals surface area contributed by atoms with Gasteiger partial charge in [-0.15, -0.1) is 0 Å². The maximum atomic E-state index is 14.2. The monoisotopic (exact) mass is 378 g/mol. The molecule has 0 spiro atoms. The molecule has 1 fully saturated rings. The van der Waals surface area contributed by atoms with Gasteiger partial charge >= 0.3 is 0 Å². The fourth-order valence-electron chi connectivity index (χ4n) is 2.91. The number of benzene rings is 2. The highest BCUT2D eigenvalue weighted by atomic mass is 32.2. The van der Waals surface area contributed by atoms with Gasteiger partial charge in [0, 0.05) is 24.9 Å². The molecule has 26 heavy (non-hydrogen) atoms. The lowest BCUT2D eigenvalue weighted by Gasteiger charge is -2.19. The molecule has 0 unspecified atom stereocenters. The molecule has 1 aliphatic rings. The second kappa shape index (κ2) is 7.43. The number of carbonyl (C=O) groups excluding carboxylic acids is 1. The van der Waals surface area contributed by atoms with Gasteiger partial charge in [0.2, 0.25) is 10.0 Å². The third-order valence-electron chi connectivity index (χ3n) is 4.13. The van der Waals surface area contributed by atoms with Gasteiger partial charge in [-0.3, -0.25) is 9.10 Å². The summed E-state index contributed by atoms with van der Waals surface area (Å²) in [5.41, 5.74) is 1.43. The van der Waals surface area contributed by atoms with Crippen molar-refractivity contribution >= 4 is 27.3 Å². The third kappa shape index (κ3) is 3.71. The van der Waals surface area contributed by atoms with Crippen LogP contribution in [-0.4, -0.2) is 33.7 Å². The molecule has 0 bridgehead atoms. The molecule has 8 heteroatoms. The van der Waals surface area contributed by atoms with E-state index >= 15 is 0 Å². The Hall–Kier alpha value is -2.45. The number of amides is 1. The van der Waals surface area contributed by atoms with Crippen molar-refractivity contribution in [2.75, 3.05) is 29.0 Å². The smallest absolute Gasteiger partial charge is 0.256 e. The second-order valence-corrected chi connectivity index (χ2v) is 7.97. The lowest BCUT2D eigenvalue weighted by molar-refractivity contribution is 0.102. The van der Waals surface area contributed by atoms with Crippen LogP contribution in [0.1, 0.15) is 22.3 Å². The fourth-order valence-corrected chi connectivity index (χ4v) is 4.47. The first-order chi connectivity index (χ1) is 12.4. The van der Waals surface area contributed by atoms with Crippen LogP contribution < -0.4 is 9.62 Å². The van der Waals surface area contributed by atoms with E-state index in [1.807, 2.05) is 0 Å². The molecular formula is C18H19FN2O4S. The molecule has 1 amide bonds. The van der Waals surface area contributed by atoms with Crippen molar-refractivity contribution in [3.63, 3.8) is 0 Å². The number of ether oxygens (including phenoxy) is 1. The molecule has 0 aliphatic carbocycles. The van der Waals surface area contributed by atoms with Crippen LogP contribution in [0.4, 0.5) is 15.8 Å². The van der Waals surface area contributed by atoms with Gasteiger partial charge in [0.25, 0.3) is 5.91 Å². The number of hydrogen-bond acceptors (Lipinski definition) is 4. The Morgan fingerprint density at radius 1 is 1.27 bits per heavy atom. The number of nitrogens with zero attached hydrogens (tertiary/aromatic N) is 1. The zero-order valence-electron chi connectivity index (χ0n) is 14.2. The lowest BCUT2D eigenvalue weighted by Crippen LogP contribution is -2.26. The van der Waals surface area contributed by atoms with Crippen molar-refractivity contribution in [1.29, 1.82) is 0 Å². The van der Waals surface area contributed by atoms with Crippen LogP contribution in [-0.2, 0) is 21.4 Å². The van der Waals surface area contributed by atoms with E-state index < -0.39 is 15.8 Å². The number of carbonyl (C=O) groups is 1. The number of anilines is 2. The summed E-state index contributed by atoms with van der Waals surface area (Å²) in [5.74, 6) is -1.03. The van der Waals surface area contributed by atoms with Crippen LogP contribution in [0.3, 0.4) is 0 Å². The number of hydrogen-bond donors (Lipinski definition) is 1. The predicted molar refractivity (Wildman–Crippen MR) is 97.3 cm³/mol. The van der Waals surface area contributed by atoms with E-state index in [-0.39, 0.29) is 30.5 Å². The summed E-state index contributed by atoms with van der Waals surface area (Å²) in [6.45, 7) is 0.512. The van der Waals surface area contributed by atoms with Gasteiger partial charge < -0.3 is 10.1 Å². The number of sulfonamides is 1. The molecule has 2 aromatic carbocycles. The number of methoxy groups -OCH3 is 1. The van der Waals surface area contributed by atoms with Crippen molar-refractivity contribution in [2.45, 2.75) is 13.0 Å².